The average Bonchev–Trinajstić information content (AvgIpc) is 3.57. The SMILES string of the molecule is C/C=C/C[C@@H](C)[C@@H](O)[C@H]1C(=O)N[C@@H](CC)C(=O)N(C)CC(=O)N(C)[C@@H](CC(C)C)C(=O)N[C@@H](C(C)C)C(=O)N(C)[C@@H](CC(C)C)C(=O)N[C@@H](C)C(=O)N(C)[C@H](C)C(=O)N(C)[C@@H](CC(C)C)C(=O)N(C)[C@@H](CC(C)C)C(=O)N(C)[C@@H](C(C)C)C(=O)N1C. The molecule has 0 aromatic rings. The fourth-order valence-electron chi connectivity index (χ4n) is 10.9. The normalized spacial score (nSPS) is 26.9. The zero-order valence-corrected chi connectivity index (χ0v) is 57.0. The van der Waals surface area contributed by atoms with Gasteiger partial charge in [-0.3, -0.25) is 52.7 Å². The summed E-state index contributed by atoms with van der Waals surface area (Å²) in [6.45, 7) is 29.5. The van der Waals surface area contributed by atoms with Crippen molar-refractivity contribution in [3.63, 3.8) is 0 Å². The Morgan fingerprint density at radius 1 is 0.465 bits per heavy atom. The lowest BCUT2D eigenvalue weighted by Gasteiger charge is -2.42. The molecule has 12 atom stereocenters. The predicted molar refractivity (Wildman–Crippen MR) is 333 cm³/mol. The Morgan fingerprint density at radius 3 is 1.33 bits per heavy atom. The molecule has 0 radical (unpaired) electrons. The van der Waals surface area contributed by atoms with Gasteiger partial charge >= 0.3 is 0 Å². The molecule has 492 valence electrons. The van der Waals surface area contributed by atoms with E-state index < -0.39 is 156 Å². The number of aliphatic hydroxyl groups excluding tert-OH is 1. The van der Waals surface area contributed by atoms with Crippen LogP contribution in [0.2, 0.25) is 0 Å². The second-order valence-electron chi connectivity index (χ2n) is 26.5. The summed E-state index contributed by atoms with van der Waals surface area (Å²) in [5, 5.41) is 20.5. The van der Waals surface area contributed by atoms with Gasteiger partial charge in [-0.1, -0.05) is 109 Å². The molecule has 1 aliphatic heterocycles. The number of amides is 11. The Labute approximate surface area is 515 Å². The molecule has 1 heterocycles. The molecular weight excluding hydrogens is 1100 g/mol. The first-order valence-corrected chi connectivity index (χ1v) is 31.0. The number of rotatable bonds is 15. The van der Waals surface area contributed by atoms with Crippen LogP contribution in [0.1, 0.15) is 156 Å². The van der Waals surface area contributed by atoms with Gasteiger partial charge in [0.05, 0.1) is 12.6 Å². The van der Waals surface area contributed by atoms with Gasteiger partial charge in [0.25, 0.3) is 0 Å². The Hall–Kier alpha value is -6.13. The van der Waals surface area contributed by atoms with Gasteiger partial charge in [0.2, 0.25) is 65.0 Å². The topological polar surface area (TPSA) is 270 Å². The molecule has 11 amide bonds. The molecule has 0 spiro atoms. The highest BCUT2D eigenvalue weighted by molar-refractivity contribution is 5.99. The maximum Gasteiger partial charge on any atom is 0.246 e. The molecule has 86 heavy (non-hydrogen) atoms. The van der Waals surface area contributed by atoms with Gasteiger partial charge in [0.15, 0.2) is 0 Å². The van der Waals surface area contributed by atoms with E-state index >= 15 is 14.4 Å². The minimum atomic E-state index is -1.61. The van der Waals surface area contributed by atoms with Crippen molar-refractivity contribution in [2.45, 2.75) is 223 Å². The second-order valence-corrected chi connectivity index (χ2v) is 26.5. The number of hydrogen-bond donors (Lipinski definition) is 4. The molecule has 1 fully saturated rings. The Kier molecular flexibility index (Phi) is 31.7. The maximum absolute atomic E-state index is 15.2. The van der Waals surface area contributed by atoms with Crippen LogP contribution in [0.4, 0.5) is 0 Å². The Morgan fingerprint density at radius 2 is 0.884 bits per heavy atom. The molecule has 1 rings (SSSR count). The number of aliphatic hydroxyl groups is 1. The van der Waals surface area contributed by atoms with Gasteiger partial charge in [-0.15, -0.1) is 0 Å². The summed E-state index contributed by atoms with van der Waals surface area (Å²) >= 11 is 0. The van der Waals surface area contributed by atoms with E-state index in [-0.39, 0.29) is 55.8 Å². The standard InChI is InChI=1S/C63H113N11O12/c1-26-28-29-41(15)53(76)52-56(79)65-44(27-2)59(82)67(18)34-49(75)69(20)45(30-35(3)4)55(78)66-50(39(11)12)62(85)70(21)46(31-36(5)6)54(77)64-42(16)57(80)68(19)43(17)58(81)71(22)47(32-37(7)8)60(83)72(23)48(33-38(9)10)61(84)73(24)51(40(13)14)63(86)74(52)25/h26,28,35-48,50-53,76H,27,29-34H2,1-25H3,(H,64,77)(H,65,79)(H,66,78)/b28-26+/t41-,42+,43-,44+,45+,46+,47+,48+,50+,51+,52+,53-/m1/s1. The monoisotopic (exact) mass is 1220 g/mol. The molecule has 0 saturated carbocycles. The van der Waals surface area contributed by atoms with E-state index in [1.165, 1.54) is 99.6 Å². The summed E-state index contributed by atoms with van der Waals surface area (Å²) in [7, 11) is 11.4. The quantitative estimate of drug-likeness (QED) is 0.171. The van der Waals surface area contributed by atoms with Crippen molar-refractivity contribution < 1.29 is 57.8 Å². The number of hydrogen-bond acceptors (Lipinski definition) is 12. The fourth-order valence-corrected chi connectivity index (χ4v) is 10.9. The first kappa shape index (κ1) is 77.9. The molecular formula is C63H113N11O12. The van der Waals surface area contributed by atoms with E-state index in [2.05, 4.69) is 16.0 Å². The third-order valence-electron chi connectivity index (χ3n) is 16.6. The van der Waals surface area contributed by atoms with Crippen molar-refractivity contribution in [1.82, 2.24) is 55.1 Å². The molecule has 23 nitrogen and oxygen atoms in total. The van der Waals surface area contributed by atoms with E-state index in [1.54, 1.807) is 54.5 Å². The van der Waals surface area contributed by atoms with Crippen LogP contribution in [-0.4, -0.2) is 239 Å². The summed E-state index contributed by atoms with van der Waals surface area (Å²) in [5.41, 5.74) is 0. The van der Waals surface area contributed by atoms with Crippen LogP contribution in [0.5, 0.6) is 0 Å². The molecule has 1 saturated heterocycles. The highest BCUT2D eigenvalue weighted by Gasteiger charge is 2.46. The zero-order chi connectivity index (χ0) is 66.8. The third-order valence-corrected chi connectivity index (χ3v) is 16.6. The maximum atomic E-state index is 15.2. The lowest BCUT2D eigenvalue weighted by molar-refractivity contribution is -0.158. The second kappa shape index (κ2) is 35.0. The van der Waals surface area contributed by atoms with Crippen LogP contribution < -0.4 is 16.0 Å². The van der Waals surface area contributed by atoms with Gasteiger partial charge in [0, 0.05) is 56.4 Å². The lowest BCUT2D eigenvalue weighted by atomic mass is 9.91. The lowest BCUT2D eigenvalue weighted by Crippen LogP contribution is -2.63. The van der Waals surface area contributed by atoms with E-state index in [4.69, 9.17) is 0 Å². The van der Waals surface area contributed by atoms with E-state index in [1.807, 2.05) is 61.5 Å². The largest absolute Gasteiger partial charge is 0.390 e. The van der Waals surface area contributed by atoms with Crippen LogP contribution in [0.15, 0.2) is 12.2 Å². The molecule has 4 N–H and O–H groups in total. The average molecular weight is 1220 g/mol. The van der Waals surface area contributed by atoms with Gasteiger partial charge < -0.3 is 60.3 Å². The minimum absolute atomic E-state index is 0.0230. The number of likely N-dealkylation sites (N-methyl/N-ethyl adjacent to an activating group) is 8. The molecule has 23 heteroatoms. The van der Waals surface area contributed by atoms with Crippen LogP contribution >= 0.6 is 0 Å². The zero-order valence-electron chi connectivity index (χ0n) is 57.0. The van der Waals surface area contributed by atoms with Gasteiger partial charge in [-0.05, 0) is 101 Å². The molecule has 1 aliphatic rings. The van der Waals surface area contributed by atoms with E-state index in [9.17, 15) is 43.5 Å². The first-order chi connectivity index (χ1) is 39.6. The molecule has 0 aromatic heterocycles. The van der Waals surface area contributed by atoms with Crippen molar-refractivity contribution in [2.24, 2.45) is 41.4 Å². The van der Waals surface area contributed by atoms with Crippen molar-refractivity contribution in [3.8, 4) is 0 Å². The molecule has 0 bridgehead atoms. The Balaban J connectivity index is 4.37. The first-order valence-electron chi connectivity index (χ1n) is 31.0. The summed E-state index contributed by atoms with van der Waals surface area (Å²) in [6.07, 6.45) is 3.05. The predicted octanol–water partition coefficient (Wildman–Crippen LogP) is 3.61. The number of nitrogens with zero attached hydrogens (tertiary/aromatic N) is 8. The summed E-state index contributed by atoms with van der Waals surface area (Å²) in [5.74, 6) is -9.56. The van der Waals surface area contributed by atoms with Crippen LogP contribution in [0.3, 0.4) is 0 Å². The van der Waals surface area contributed by atoms with E-state index in [0.717, 1.165) is 9.80 Å². The minimum Gasteiger partial charge on any atom is -0.390 e. The third kappa shape index (κ3) is 21.0. The van der Waals surface area contributed by atoms with Gasteiger partial charge in [0.1, 0.15) is 60.4 Å². The van der Waals surface area contributed by atoms with Crippen LogP contribution in [0.25, 0.3) is 0 Å². The Bertz CT molecular complexity index is 2360. The van der Waals surface area contributed by atoms with Gasteiger partial charge in [-0.2, -0.15) is 0 Å². The molecule has 0 aromatic carbocycles. The highest BCUT2D eigenvalue weighted by Crippen LogP contribution is 2.26. The highest BCUT2D eigenvalue weighted by atomic mass is 16.3. The van der Waals surface area contributed by atoms with Crippen molar-refractivity contribution in [1.29, 1.82) is 0 Å². The van der Waals surface area contributed by atoms with Crippen molar-refractivity contribution in [2.75, 3.05) is 62.9 Å². The summed E-state index contributed by atoms with van der Waals surface area (Å²) in [6, 6.07) is -12.3. The van der Waals surface area contributed by atoms with Gasteiger partial charge in [-0.25, -0.2) is 0 Å². The van der Waals surface area contributed by atoms with Crippen molar-refractivity contribution in [3.05, 3.63) is 12.2 Å². The number of nitrogens with one attached hydrogen (secondary N) is 3. The number of carbonyl (C=O) groups is 11. The van der Waals surface area contributed by atoms with Crippen molar-refractivity contribution >= 4 is 65.0 Å². The molecule has 0 unspecified atom stereocenters. The van der Waals surface area contributed by atoms with E-state index in [0.29, 0.717) is 6.42 Å². The fraction of sp³-hybridized carbons (Fsp3) is 0.794. The smallest absolute Gasteiger partial charge is 0.246 e. The number of allylic oxidation sites excluding steroid dienone is 2. The summed E-state index contributed by atoms with van der Waals surface area (Å²) < 4.78 is 0. The van der Waals surface area contributed by atoms with Crippen LogP contribution in [0, 0.1) is 41.4 Å². The molecule has 0 aliphatic carbocycles. The van der Waals surface area contributed by atoms with Crippen LogP contribution in [-0.2, 0) is 52.7 Å². The number of carbonyl (C=O) groups excluding carboxylic acids is 11. The summed E-state index contributed by atoms with van der Waals surface area (Å²) in [4.78, 5) is 171.